The summed E-state index contributed by atoms with van der Waals surface area (Å²) in [5.74, 6) is -1.11. The third kappa shape index (κ3) is 4.10. The third-order valence-corrected chi connectivity index (χ3v) is 3.71. The van der Waals surface area contributed by atoms with Crippen molar-refractivity contribution >= 4 is 0 Å². The Morgan fingerprint density at radius 2 is 1.78 bits per heavy atom. The van der Waals surface area contributed by atoms with Crippen LogP contribution in [0.3, 0.4) is 0 Å². The van der Waals surface area contributed by atoms with E-state index in [0.29, 0.717) is 39.2 Å². The second kappa shape index (κ2) is 6.21. The average molecular weight is 267 g/mol. The molecule has 0 radical (unpaired) electrons. The van der Waals surface area contributed by atoms with Crippen molar-refractivity contribution in [3.8, 4) is 0 Å². The molecular formula is C12H20F3NO2. The highest BCUT2D eigenvalue weighted by Gasteiger charge is 2.41. The van der Waals surface area contributed by atoms with Gasteiger partial charge in [0, 0.05) is 12.6 Å². The molecule has 18 heavy (non-hydrogen) atoms. The van der Waals surface area contributed by atoms with Crippen molar-refractivity contribution in [2.24, 2.45) is 5.92 Å². The van der Waals surface area contributed by atoms with Crippen LogP contribution < -0.4 is 5.32 Å². The van der Waals surface area contributed by atoms with Gasteiger partial charge in [-0.3, -0.25) is 0 Å². The topological polar surface area (TPSA) is 30.5 Å². The number of rotatable bonds is 3. The van der Waals surface area contributed by atoms with Crippen molar-refractivity contribution in [1.82, 2.24) is 5.32 Å². The van der Waals surface area contributed by atoms with Crippen molar-refractivity contribution in [3.05, 3.63) is 0 Å². The fraction of sp³-hybridized carbons (Fsp3) is 1.00. The lowest BCUT2D eigenvalue weighted by atomic mass is 9.85. The summed E-state index contributed by atoms with van der Waals surface area (Å²) in [5.41, 5.74) is 0. The molecule has 1 aliphatic carbocycles. The maximum atomic E-state index is 12.5. The van der Waals surface area contributed by atoms with E-state index in [-0.39, 0.29) is 25.0 Å². The van der Waals surface area contributed by atoms with E-state index in [1.165, 1.54) is 0 Å². The highest BCUT2D eigenvalue weighted by molar-refractivity contribution is 4.81. The van der Waals surface area contributed by atoms with Crippen molar-refractivity contribution in [2.45, 2.75) is 44.0 Å². The van der Waals surface area contributed by atoms with E-state index >= 15 is 0 Å². The quantitative estimate of drug-likeness (QED) is 0.849. The molecule has 0 aromatic carbocycles. The summed E-state index contributed by atoms with van der Waals surface area (Å²) in [7, 11) is 0. The molecule has 1 atom stereocenters. The van der Waals surface area contributed by atoms with E-state index in [2.05, 4.69) is 5.32 Å². The zero-order valence-corrected chi connectivity index (χ0v) is 10.3. The first-order valence-electron chi connectivity index (χ1n) is 6.55. The minimum atomic E-state index is -4.02. The zero-order chi connectivity index (χ0) is 13.0. The van der Waals surface area contributed by atoms with Crippen LogP contribution in [0.25, 0.3) is 0 Å². The molecule has 1 unspecified atom stereocenters. The van der Waals surface area contributed by atoms with Gasteiger partial charge in [-0.2, -0.15) is 13.2 Å². The molecule has 1 heterocycles. The largest absolute Gasteiger partial charge is 0.391 e. The molecule has 3 nitrogen and oxygen atoms in total. The molecule has 1 saturated heterocycles. The van der Waals surface area contributed by atoms with Gasteiger partial charge in [-0.15, -0.1) is 0 Å². The number of ether oxygens (including phenoxy) is 2. The van der Waals surface area contributed by atoms with Crippen LogP contribution in [-0.2, 0) is 9.47 Å². The van der Waals surface area contributed by atoms with Crippen LogP contribution in [0.4, 0.5) is 13.2 Å². The molecule has 0 spiro atoms. The Bertz CT molecular complexity index is 246. The summed E-state index contributed by atoms with van der Waals surface area (Å²) in [4.78, 5) is 0. The lowest BCUT2D eigenvalue weighted by Gasteiger charge is -2.32. The summed E-state index contributed by atoms with van der Waals surface area (Å²) >= 11 is 0. The molecule has 1 N–H and O–H groups in total. The number of hydrogen-bond acceptors (Lipinski definition) is 3. The van der Waals surface area contributed by atoms with Gasteiger partial charge in [-0.25, -0.2) is 0 Å². The van der Waals surface area contributed by atoms with Crippen LogP contribution >= 0.6 is 0 Å². The second-order valence-corrected chi connectivity index (χ2v) is 5.07. The van der Waals surface area contributed by atoms with Gasteiger partial charge in [0.15, 0.2) is 0 Å². The van der Waals surface area contributed by atoms with Crippen molar-refractivity contribution in [2.75, 3.05) is 26.4 Å². The van der Waals surface area contributed by atoms with E-state index < -0.39 is 12.1 Å². The highest BCUT2D eigenvalue weighted by atomic mass is 19.4. The van der Waals surface area contributed by atoms with Crippen molar-refractivity contribution < 1.29 is 22.6 Å². The maximum Gasteiger partial charge on any atom is 0.391 e. The van der Waals surface area contributed by atoms with Crippen LogP contribution in [0.1, 0.15) is 25.7 Å². The summed E-state index contributed by atoms with van der Waals surface area (Å²) in [6.45, 7) is 2.48. The maximum absolute atomic E-state index is 12.5. The van der Waals surface area contributed by atoms with Crippen molar-refractivity contribution in [1.29, 1.82) is 0 Å². The summed E-state index contributed by atoms with van der Waals surface area (Å²) in [6, 6.07) is 0.189. The van der Waals surface area contributed by atoms with Gasteiger partial charge in [-0.1, -0.05) is 0 Å². The van der Waals surface area contributed by atoms with Gasteiger partial charge < -0.3 is 14.8 Å². The molecule has 2 rings (SSSR count). The lowest BCUT2D eigenvalue weighted by Crippen LogP contribution is -2.43. The molecule has 6 heteroatoms. The van der Waals surface area contributed by atoms with Crippen molar-refractivity contribution in [3.63, 3.8) is 0 Å². The molecule has 2 fully saturated rings. The van der Waals surface area contributed by atoms with Crippen LogP contribution in [0.15, 0.2) is 0 Å². The number of nitrogens with one attached hydrogen (secondary N) is 1. The van der Waals surface area contributed by atoms with Crippen LogP contribution in [0.5, 0.6) is 0 Å². The predicted octanol–water partition coefficient (Wildman–Crippen LogP) is 2.11. The van der Waals surface area contributed by atoms with Gasteiger partial charge in [-0.05, 0) is 25.7 Å². The molecule has 0 aromatic rings. The van der Waals surface area contributed by atoms with Crippen LogP contribution in [-0.4, -0.2) is 44.7 Å². The van der Waals surface area contributed by atoms with Gasteiger partial charge in [0.05, 0.1) is 31.8 Å². The van der Waals surface area contributed by atoms with E-state index in [4.69, 9.17) is 9.47 Å². The van der Waals surface area contributed by atoms with Gasteiger partial charge >= 0.3 is 6.18 Å². The second-order valence-electron chi connectivity index (χ2n) is 5.07. The van der Waals surface area contributed by atoms with Crippen LogP contribution in [0.2, 0.25) is 0 Å². The number of alkyl halides is 3. The third-order valence-electron chi connectivity index (χ3n) is 3.71. The van der Waals surface area contributed by atoms with Crippen LogP contribution in [0, 0.1) is 5.92 Å². The Hall–Kier alpha value is -0.330. The summed E-state index contributed by atoms with van der Waals surface area (Å²) < 4.78 is 48.2. The fourth-order valence-corrected chi connectivity index (χ4v) is 2.58. The first-order chi connectivity index (χ1) is 8.55. The standard InChI is InChI=1S/C12H20F3NO2/c13-12(14,15)9-1-3-10(4-2-9)16-7-11-8-17-5-6-18-11/h9-11,16H,1-8H2. The predicted molar refractivity (Wildman–Crippen MR) is 60.4 cm³/mol. The molecule has 1 saturated carbocycles. The molecule has 1 aliphatic heterocycles. The molecule has 2 aliphatic rings. The van der Waals surface area contributed by atoms with E-state index in [1.807, 2.05) is 0 Å². The van der Waals surface area contributed by atoms with Gasteiger partial charge in [0.1, 0.15) is 0 Å². The summed E-state index contributed by atoms with van der Waals surface area (Å²) in [5, 5.41) is 3.29. The molecular weight excluding hydrogens is 247 g/mol. The normalized spacial score (nSPS) is 34.5. The van der Waals surface area contributed by atoms with Gasteiger partial charge in [0.2, 0.25) is 0 Å². The molecule has 0 bridgehead atoms. The molecule has 106 valence electrons. The van der Waals surface area contributed by atoms with E-state index in [9.17, 15) is 13.2 Å². The number of halogens is 3. The smallest absolute Gasteiger partial charge is 0.376 e. The SMILES string of the molecule is FC(F)(F)C1CCC(NCC2COCCO2)CC1. The lowest BCUT2D eigenvalue weighted by molar-refractivity contribution is -0.182. The first-order valence-corrected chi connectivity index (χ1v) is 6.55. The highest BCUT2D eigenvalue weighted by Crippen LogP contribution is 2.37. The Morgan fingerprint density at radius 1 is 1.06 bits per heavy atom. The Balaban J connectivity index is 1.64. The van der Waals surface area contributed by atoms with E-state index in [1.54, 1.807) is 0 Å². The molecule has 0 amide bonds. The summed E-state index contributed by atoms with van der Waals surface area (Å²) in [6.07, 6.45) is -2.31. The minimum absolute atomic E-state index is 0.0408. The Morgan fingerprint density at radius 3 is 2.33 bits per heavy atom. The average Bonchev–Trinajstić information content (AvgIpc) is 2.37. The van der Waals surface area contributed by atoms with E-state index in [0.717, 1.165) is 0 Å². The Kier molecular flexibility index (Phi) is 4.86. The first kappa shape index (κ1) is 14.1. The Labute approximate surface area is 105 Å². The number of hydrogen-bond donors (Lipinski definition) is 1. The zero-order valence-electron chi connectivity index (χ0n) is 10.3. The molecule has 0 aromatic heterocycles. The minimum Gasteiger partial charge on any atom is -0.376 e. The monoisotopic (exact) mass is 267 g/mol. The fourth-order valence-electron chi connectivity index (χ4n) is 2.58. The van der Waals surface area contributed by atoms with Gasteiger partial charge in [0.25, 0.3) is 0 Å².